The third-order valence-corrected chi connectivity index (χ3v) is 6.32. The van der Waals surface area contributed by atoms with Crippen molar-refractivity contribution in [2.45, 2.75) is 39.3 Å². The highest BCUT2D eigenvalue weighted by atomic mass is 16.5. The highest BCUT2D eigenvalue weighted by Crippen LogP contribution is 2.27. The number of nitrogens with zero attached hydrogens (tertiary/aromatic N) is 5. The molecule has 168 valence electrons. The summed E-state index contributed by atoms with van der Waals surface area (Å²) in [4.78, 5) is 7.41. The van der Waals surface area contributed by atoms with Crippen LogP contribution in [0.3, 0.4) is 0 Å². The van der Waals surface area contributed by atoms with Crippen LogP contribution in [0.1, 0.15) is 37.9 Å². The van der Waals surface area contributed by atoms with E-state index in [1.54, 1.807) is 7.11 Å². The Labute approximate surface area is 189 Å². The van der Waals surface area contributed by atoms with Crippen LogP contribution >= 0.6 is 0 Å². The molecule has 1 saturated heterocycles. The van der Waals surface area contributed by atoms with Crippen LogP contribution in [0.15, 0.2) is 48.7 Å². The lowest BCUT2D eigenvalue weighted by molar-refractivity contribution is 0.202. The molecule has 3 aromatic heterocycles. The largest absolute Gasteiger partial charge is 0.384 e. The number of ether oxygens (including phenoxy) is 1. The lowest BCUT2D eigenvalue weighted by Gasteiger charge is -2.24. The number of methoxy groups -OCH3 is 1. The summed E-state index contributed by atoms with van der Waals surface area (Å²) >= 11 is 0. The molecule has 0 amide bonds. The second-order valence-corrected chi connectivity index (χ2v) is 8.36. The van der Waals surface area contributed by atoms with Gasteiger partial charge in [0.1, 0.15) is 5.69 Å². The van der Waals surface area contributed by atoms with E-state index in [0.717, 1.165) is 54.0 Å². The topological polar surface area (TPSA) is 81.6 Å². The number of nitrogens with two attached hydrogens (primary N) is 1. The van der Waals surface area contributed by atoms with Gasteiger partial charge in [-0.05, 0) is 43.0 Å². The lowest BCUT2D eigenvalue weighted by atomic mass is 10.1. The van der Waals surface area contributed by atoms with E-state index in [1.807, 2.05) is 16.5 Å². The van der Waals surface area contributed by atoms with Crippen molar-refractivity contribution in [1.82, 2.24) is 24.5 Å². The second-order valence-electron chi connectivity index (χ2n) is 8.36. The van der Waals surface area contributed by atoms with Crippen LogP contribution in [-0.2, 0) is 11.2 Å². The summed E-state index contributed by atoms with van der Waals surface area (Å²) in [6.07, 6.45) is 4.02. The predicted molar refractivity (Wildman–Crippen MR) is 129 cm³/mol. The molecule has 2 N–H and O–H groups in total. The normalized spacial score (nSPS) is 17.7. The summed E-state index contributed by atoms with van der Waals surface area (Å²) in [6, 6.07) is 15.1. The molecule has 0 saturated carbocycles. The van der Waals surface area contributed by atoms with Gasteiger partial charge in [0.15, 0.2) is 11.5 Å². The third-order valence-electron chi connectivity index (χ3n) is 6.32. The minimum atomic E-state index is 0. The summed E-state index contributed by atoms with van der Waals surface area (Å²) in [5, 5.41) is 9.96. The number of hydrogen-bond acceptors (Lipinski definition) is 6. The molecule has 0 aliphatic carbocycles. The molecule has 0 radical (unpaired) electrons. The molecule has 4 aromatic rings. The number of benzene rings is 1. The van der Waals surface area contributed by atoms with Crippen molar-refractivity contribution < 1.29 is 4.74 Å². The second kappa shape index (κ2) is 9.32. The molecule has 1 aliphatic heterocycles. The van der Waals surface area contributed by atoms with Gasteiger partial charge >= 0.3 is 0 Å². The summed E-state index contributed by atoms with van der Waals surface area (Å²) in [5.74, 6) is 0.755. The molecular formula is C25H32N6O. The van der Waals surface area contributed by atoms with Crippen molar-refractivity contribution in [1.29, 1.82) is 0 Å². The quantitative estimate of drug-likeness (QED) is 0.498. The molecule has 7 nitrogen and oxygen atoms in total. The lowest BCUT2D eigenvalue weighted by Crippen LogP contribution is -2.28. The summed E-state index contributed by atoms with van der Waals surface area (Å²) in [5.41, 5.74) is 11.1. The number of hydrogen-bond donors (Lipinski definition) is 1. The zero-order valence-electron chi connectivity index (χ0n) is 18.0. The van der Waals surface area contributed by atoms with E-state index < -0.39 is 0 Å². The molecule has 32 heavy (non-hydrogen) atoms. The van der Waals surface area contributed by atoms with E-state index in [1.165, 1.54) is 11.1 Å². The van der Waals surface area contributed by atoms with E-state index in [-0.39, 0.29) is 13.5 Å². The highest BCUT2D eigenvalue weighted by molar-refractivity contribution is 5.84. The van der Waals surface area contributed by atoms with Gasteiger partial charge in [-0.2, -0.15) is 0 Å². The average Bonchev–Trinajstić information content (AvgIpc) is 3.42. The van der Waals surface area contributed by atoms with Crippen LogP contribution in [0.2, 0.25) is 0 Å². The average molecular weight is 433 g/mol. The molecule has 5 rings (SSSR count). The Bertz CT molecular complexity index is 1220. The molecule has 0 bridgehead atoms. The van der Waals surface area contributed by atoms with Crippen LogP contribution in [-0.4, -0.2) is 57.3 Å². The zero-order valence-corrected chi connectivity index (χ0v) is 18.0. The first-order valence-electron chi connectivity index (χ1n) is 10.9. The van der Waals surface area contributed by atoms with Crippen LogP contribution in [0, 0.1) is 0 Å². The Balaban J connectivity index is 0.00000245. The molecule has 2 atom stereocenters. The number of likely N-dealkylation sites (tertiary alicyclic amines) is 1. The minimum Gasteiger partial charge on any atom is -0.384 e. The van der Waals surface area contributed by atoms with Gasteiger partial charge in [0.25, 0.3) is 0 Å². The first-order valence-corrected chi connectivity index (χ1v) is 10.9. The monoisotopic (exact) mass is 432 g/mol. The number of pyridine rings is 2. The Kier molecular flexibility index (Phi) is 6.50. The van der Waals surface area contributed by atoms with Gasteiger partial charge < -0.3 is 10.5 Å². The SMILES string of the molecule is C.COCCc1cccc2ccc(-c3nnc4ccc([C@H](C)N5CC[C@H](N)C5)cn34)nc12. The van der Waals surface area contributed by atoms with Crippen LogP contribution in [0.25, 0.3) is 28.1 Å². The molecule has 1 aliphatic rings. The standard InChI is InChI=1S/C24H28N6O.CH4/c1-16(29-12-10-20(25)15-29)19-7-9-22-27-28-24(30(22)14-19)21-8-6-17-4-3-5-18(11-13-31-2)23(17)26-21;/h3-9,14,16,20H,10-13,15,25H2,1-2H3;1H4/t16-,20-;/m0./s1. The maximum Gasteiger partial charge on any atom is 0.187 e. The molecule has 0 spiro atoms. The number of aromatic nitrogens is 4. The predicted octanol–water partition coefficient (Wildman–Crippen LogP) is 3.86. The van der Waals surface area contributed by atoms with Crippen molar-refractivity contribution in [3.8, 4) is 11.5 Å². The van der Waals surface area contributed by atoms with Gasteiger partial charge in [-0.15, -0.1) is 10.2 Å². The third kappa shape index (κ3) is 4.11. The van der Waals surface area contributed by atoms with Gasteiger partial charge in [0, 0.05) is 43.9 Å². The Morgan fingerprint density at radius 3 is 2.81 bits per heavy atom. The van der Waals surface area contributed by atoms with Crippen LogP contribution in [0.5, 0.6) is 0 Å². The maximum atomic E-state index is 6.12. The highest BCUT2D eigenvalue weighted by Gasteiger charge is 2.25. The fourth-order valence-corrected chi connectivity index (χ4v) is 4.45. The first-order chi connectivity index (χ1) is 15.1. The smallest absolute Gasteiger partial charge is 0.187 e. The minimum absolute atomic E-state index is 0. The van der Waals surface area contributed by atoms with Crippen LogP contribution < -0.4 is 5.73 Å². The Hall–Kier alpha value is -2.87. The number of rotatable bonds is 6. The number of para-hydroxylation sites is 1. The van der Waals surface area contributed by atoms with Gasteiger partial charge in [-0.1, -0.05) is 37.8 Å². The van der Waals surface area contributed by atoms with E-state index >= 15 is 0 Å². The van der Waals surface area contributed by atoms with Gasteiger partial charge in [0.2, 0.25) is 0 Å². The molecule has 0 unspecified atom stereocenters. The van der Waals surface area contributed by atoms with Crippen molar-refractivity contribution in [3.05, 3.63) is 59.8 Å². The van der Waals surface area contributed by atoms with E-state index in [2.05, 4.69) is 58.5 Å². The zero-order chi connectivity index (χ0) is 21.4. The Morgan fingerprint density at radius 2 is 2.03 bits per heavy atom. The molecule has 1 fully saturated rings. The fourth-order valence-electron chi connectivity index (χ4n) is 4.45. The van der Waals surface area contributed by atoms with Gasteiger partial charge in [0.05, 0.1) is 12.1 Å². The van der Waals surface area contributed by atoms with Crippen molar-refractivity contribution in [2.75, 3.05) is 26.8 Å². The van der Waals surface area contributed by atoms with E-state index in [9.17, 15) is 0 Å². The summed E-state index contributed by atoms with van der Waals surface area (Å²) < 4.78 is 7.32. The van der Waals surface area contributed by atoms with Gasteiger partial charge in [-0.3, -0.25) is 9.30 Å². The van der Waals surface area contributed by atoms with E-state index in [4.69, 9.17) is 15.5 Å². The molecular weight excluding hydrogens is 400 g/mol. The van der Waals surface area contributed by atoms with Crippen molar-refractivity contribution >= 4 is 16.6 Å². The summed E-state index contributed by atoms with van der Waals surface area (Å²) in [7, 11) is 1.72. The molecule has 4 heterocycles. The fraction of sp³-hybridized carbons (Fsp3) is 0.400. The van der Waals surface area contributed by atoms with E-state index in [0.29, 0.717) is 12.6 Å². The first kappa shape index (κ1) is 22.3. The summed E-state index contributed by atoms with van der Waals surface area (Å²) in [6.45, 7) is 4.87. The molecule has 7 heteroatoms. The number of fused-ring (bicyclic) bond motifs is 2. The maximum absolute atomic E-state index is 6.12. The molecule has 1 aromatic carbocycles. The van der Waals surface area contributed by atoms with Gasteiger partial charge in [-0.25, -0.2) is 4.98 Å². The van der Waals surface area contributed by atoms with Crippen LogP contribution in [0.4, 0.5) is 0 Å². The Morgan fingerprint density at radius 1 is 1.16 bits per heavy atom. The van der Waals surface area contributed by atoms with Crippen molar-refractivity contribution in [2.24, 2.45) is 5.73 Å². The van der Waals surface area contributed by atoms with Crippen molar-refractivity contribution in [3.63, 3.8) is 0 Å².